The van der Waals surface area contributed by atoms with E-state index in [2.05, 4.69) is 14.9 Å². The highest BCUT2D eigenvalue weighted by Gasteiger charge is 2.46. The Kier molecular flexibility index (Phi) is 4.70. The molecule has 3 rings (SSSR count). The van der Waals surface area contributed by atoms with Gasteiger partial charge in [-0.2, -0.15) is 5.10 Å². The Hall–Kier alpha value is -1.06. The van der Waals surface area contributed by atoms with E-state index in [0.29, 0.717) is 6.61 Å². The van der Waals surface area contributed by atoms with E-state index < -0.39 is 21.9 Å². The van der Waals surface area contributed by atoms with E-state index in [9.17, 15) is 17.2 Å². The number of aromatic amines is 1. The first kappa shape index (κ1) is 16.8. The minimum absolute atomic E-state index is 0.0129. The molecule has 0 spiro atoms. The molecule has 2 aliphatic rings. The summed E-state index contributed by atoms with van der Waals surface area (Å²) in [7, 11) is -3.55. The van der Waals surface area contributed by atoms with Crippen LogP contribution in [-0.4, -0.2) is 43.4 Å². The van der Waals surface area contributed by atoms with Gasteiger partial charge in [0.05, 0.1) is 18.1 Å². The van der Waals surface area contributed by atoms with Gasteiger partial charge in [0.15, 0.2) is 0 Å². The molecule has 2 heterocycles. The molecule has 0 amide bonds. The number of nitrogens with zero attached hydrogens (tertiary/aromatic N) is 1. The van der Waals surface area contributed by atoms with Crippen molar-refractivity contribution in [1.82, 2.24) is 14.9 Å². The quantitative estimate of drug-likeness (QED) is 0.821. The van der Waals surface area contributed by atoms with Gasteiger partial charge in [-0.05, 0) is 18.8 Å². The molecule has 2 N–H and O–H groups in total. The van der Waals surface area contributed by atoms with Gasteiger partial charge in [0.25, 0.3) is 0 Å². The highest BCUT2D eigenvalue weighted by atomic mass is 32.2. The number of hydrogen-bond acceptors (Lipinski definition) is 4. The number of sulfonamides is 1. The van der Waals surface area contributed by atoms with E-state index >= 15 is 0 Å². The molecule has 1 saturated heterocycles. The zero-order valence-electron chi connectivity index (χ0n) is 12.7. The third-order valence-corrected chi connectivity index (χ3v) is 6.00. The Morgan fingerprint density at radius 1 is 1.43 bits per heavy atom. The molecule has 2 fully saturated rings. The summed E-state index contributed by atoms with van der Waals surface area (Å²) in [6.45, 7) is 0.886. The fourth-order valence-electron chi connectivity index (χ4n) is 3.34. The molecular weight excluding hydrogens is 328 g/mol. The molecular formula is C14H21F2N3O3S. The van der Waals surface area contributed by atoms with Gasteiger partial charge in [0.1, 0.15) is 0 Å². The molecule has 1 aromatic rings. The van der Waals surface area contributed by atoms with Crippen molar-refractivity contribution in [2.45, 2.75) is 37.7 Å². The van der Waals surface area contributed by atoms with Gasteiger partial charge < -0.3 is 4.74 Å². The lowest BCUT2D eigenvalue weighted by Crippen LogP contribution is -2.43. The summed E-state index contributed by atoms with van der Waals surface area (Å²) < 4.78 is 58.1. The van der Waals surface area contributed by atoms with Crippen molar-refractivity contribution in [3.63, 3.8) is 0 Å². The first-order chi connectivity index (χ1) is 10.8. The standard InChI is InChI=1S/C14H21F2N3O3S/c15-14(16)4-10(5-14)9-23(20,21)19-8-11-2-1-3-22-13(11)12-6-17-18-7-12/h6-7,10-11,13,19H,1-5,8-9H2,(H,17,18)/t11-,13+/m0/s1. The van der Waals surface area contributed by atoms with Crippen molar-refractivity contribution in [1.29, 1.82) is 0 Å². The lowest BCUT2D eigenvalue weighted by molar-refractivity contribution is -0.103. The minimum atomic E-state index is -3.55. The number of aromatic nitrogens is 2. The second-order valence-corrected chi connectivity index (χ2v) is 8.34. The van der Waals surface area contributed by atoms with Crippen molar-refractivity contribution >= 4 is 10.0 Å². The smallest absolute Gasteiger partial charge is 0.248 e. The highest BCUT2D eigenvalue weighted by Crippen LogP contribution is 2.42. The lowest BCUT2D eigenvalue weighted by atomic mass is 9.83. The maximum absolute atomic E-state index is 12.8. The average Bonchev–Trinajstić information content (AvgIpc) is 2.97. The summed E-state index contributed by atoms with van der Waals surface area (Å²) in [5.41, 5.74) is 0.896. The molecule has 6 nitrogen and oxygen atoms in total. The molecule has 1 aliphatic carbocycles. The molecule has 1 aliphatic heterocycles. The van der Waals surface area contributed by atoms with E-state index in [1.807, 2.05) is 0 Å². The van der Waals surface area contributed by atoms with Gasteiger partial charge in [-0.3, -0.25) is 5.10 Å². The predicted octanol–water partition coefficient (Wildman–Crippen LogP) is 1.84. The monoisotopic (exact) mass is 349 g/mol. The summed E-state index contributed by atoms with van der Waals surface area (Å²) in [5, 5.41) is 6.63. The molecule has 2 atom stereocenters. The maximum Gasteiger partial charge on any atom is 0.248 e. The second kappa shape index (κ2) is 6.45. The number of nitrogens with one attached hydrogen (secondary N) is 2. The van der Waals surface area contributed by atoms with Crippen LogP contribution in [0.25, 0.3) is 0 Å². The van der Waals surface area contributed by atoms with E-state index in [4.69, 9.17) is 4.74 Å². The third-order valence-electron chi connectivity index (χ3n) is 4.49. The number of halogens is 2. The maximum atomic E-state index is 12.8. The largest absolute Gasteiger partial charge is 0.373 e. The molecule has 9 heteroatoms. The van der Waals surface area contributed by atoms with Crippen molar-refractivity contribution in [2.75, 3.05) is 18.9 Å². The highest BCUT2D eigenvalue weighted by molar-refractivity contribution is 7.89. The topological polar surface area (TPSA) is 84.1 Å². The Balaban J connectivity index is 1.53. The zero-order chi connectivity index (χ0) is 16.5. The van der Waals surface area contributed by atoms with E-state index in [1.165, 1.54) is 0 Å². The van der Waals surface area contributed by atoms with Crippen LogP contribution in [0.4, 0.5) is 8.78 Å². The molecule has 0 bridgehead atoms. The predicted molar refractivity (Wildman–Crippen MR) is 79.5 cm³/mol. The number of rotatable bonds is 6. The van der Waals surface area contributed by atoms with Gasteiger partial charge in [-0.1, -0.05) is 0 Å². The van der Waals surface area contributed by atoms with Crippen LogP contribution in [0.15, 0.2) is 12.4 Å². The summed E-state index contributed by atoms with van der Waals surface area (Å²) >= 11 is 0. The Labute approximate surface area is 134 Å². The van der Waals surface area contributed by atoms with E-state index in [-0.39, 0.29) is 37.2 Å². The van der Waals surface area contributed by atoms with Crippen LogP contribution in [0.1, 0.15) is 37.4 Å². The molecule has 1 aromatic heterocycles. The number of H-pyrrole nitrogens is 1. The second-order valence-electron chi connectivity index (χ2n) is 6.49. The average molecular weight is 349 g/mol. The van der Waals surface area contributed by atoms with E-state index in [1.54, 1.807) is 12.4 Å². The fraction of sp³-hybridized carbons (Fsp3) is 0.786. The summed E-state index contributed by atoms with van der Waals surface area (Å²) in [4.78, 5) is 0. The number of ether oxygens (including phenoxy) is 1. The summed E-state index contributed by atoms with van der Waals surface area (Å²) in [5.74, 6) is -3.36. The first-order valence-corrected chi connectivity index (χ1v) is 9.45. The molecule has 0 unspecified atom stereocenters. The van der Waals surface area contributed by atoms with Crippen LogP contribution < -0.4 is 4.72 Å². The molecule has 1 saturated carbocycles. The van der Waals surface area contributed by atoms with Crippen LogP contribution in [0.5, 0.6) is 0 Å². The minimum Gasteiger partial charge on any atom is -0.373 e. The molecule has 130 valence electrons. The van der Waals surface area contributed by atoms with Crippen LogP contribution in [0.2, 0.25) is 0 Å². The van der Waals surface area contributed by atoms with Crippen LogP contribution in [0, 0.1) is 11.8 Å². The first-order valence-electron chi connectivity index (χ1n) is 7.80. The van der Waals surface area contributed by atoms with Gasteiger partial charge in [0, 0.05) is 43.7 Å². The van der Waals surface area contributed by atoms with Crippen LogP contribution in [0.3, 0.4) is 0 Å². The number of alkyl halides is 2. The summed E-state index contributed by atoms with van der Waals surface area (Å²) in [6, 6.07) is 0. The Morgan fingerprint density at radius 3 is 2.87 bits per heavy atom. The zero-order valence-corrected chi connectivity index (χ0v) is 13.5. The van der Waals surface area contributed by atoms with Crippen molar-refractivity contribution < 1.29 is 21.9 Å². The van der Waals surface area contributed by atoms with Crippen LogP contribution >= 0.6 is 0 Å². The summed E-state index contributed by atoms with van der Waals surface area (Å²) in [6.07, 6.45) is 4.27. The molecule has 0 radical (unpaired) electrons. The number of hydrogen-bond donors (Lipinski definition) is 2. The van der Waals surface area contributed by atoms with Crippen LogP contribution in [-0.2, 0) is 14.8 Å². The fourth-order valence-corrected chi connectivity index (χ4v) is 4.79. The normalized spacial score (nSPS) is 28.4. The SMILES string of the molecule is O=S(=O)(CC1CC(F)(F)C1)NC[C@@H]1CCCO[C@H]1c1cn[nH]c1. The van der Waals surface area contributed by atoms with Crippen molar-refractivity contribution in [2.24, 2.45) is 11.8 Å². The van der Waals surface area contributed by atoms with Crippen molar-refractivity contribution in [3.05, 3.63) is 18.0 Å². The Bertz CT molecular complexity index is 613. The van der Waals surface area contributed by atoms with Gasteiger partial charge >= 0.3 is 0 Å². The lowest BCUT2D eigenvalue weighted by Gasteiger charge is -2.35. The van der Waals surface area contributed by atoms with Gasteiger partial charge in [0.2, 0.25) is 15.9 Å². The molecule has 23 heavy (non-hydrogen) atoms. The van der Waals surface area contributed by atoms with E-state index in [0.717, 1.165) is 18.4 Å². The van der Waals surface area contributed by atoms with Crippen molar-refractivity contribution in [3.8, 4) is 0 Å². The van der Waals surface area contributed by atoms with Gasteiger partial charge in [-0.25, -0.2) is 21.9 Å². The van der Waals surface area contributed by atoms with Gasteiger partial charge in [-0.15, -0.1) is 0 Å². The Morgan fingerprint density at radius 2 is 2.22 bits per heavy atom. The third kappa shape index (κ3) is 4.27. The molecule has 0 aromatic carbocycles.